The Hall–Kier alpha value is -3.11. The molecule has 1 amide bonds. The lowest BCUT2D eigenvalue weighted by Crippen LogP contribution is -2.46. The minimum Gasteiger partial charge on any atom is -0.493 e. The van der Waals surface area contributed by atoms with E-state index in [9.17, 15) is 14.0 Å². The van der Waals surface area contributed by atoms with Gasteiger partial charge in [0.2, 0.25) is 5.91 Å². The summed E-state index contributed by atoms with van der Waals surface area (Å²) in [4.78, 5) is 31.4. The predicted octanol–water partition coefficient (Wildman–Crippen LogP) is 4.60. The standard InChI is InChI=1S/C25H23FN2O5S2/c1-31-20-5-3-4-18(22(20)32-2)23-27-17(13-34-23)12-33-24(30)19-14-35-25(11-10-21(29)28(19)25)15-6-8-16(26)9-7-15/h3-9,13,19H,10-12,14H2,1-2H3/t19-,25-/m1/s1. The molecule has 2 aliphatic heterocycles. The Morgan fingerprint density at radius 2 is 2.00 bits per heavy atom. The van der Waals surface area contributed by atoms with Crippen molar-refractivity contribution in [1.29, 1.82) is 0 Å². The summed E-state index contributed by atoms with van der Waals surface area (Å²) >= 11 is 2.94. The zero-order valence-corrected chi connectivity index (χ0v) is 20.8. The molecule has 0 unspecified atom stereocenters. The van der Waals surface area contributed by atoms with Crippen molar-refractivity contribution in [2.75, 3.05) is 20.0 Å². The molecule has 0 spiro atoms. The fraction of sp³-hybridized carbons (Fsp3) is 0.320. The van der Waals surface area contributed by atoms with E-state index in [-0.39, 0.29) is 18.3 Å². The monoisotopic (exact) mass is 514 g/mol. The second kappa shape index (κ2) is 9.50. The van der Waals surface area contributed by atoms with Gasteiger partial charge in [0.15, 0.2) is 11.5 Å². The summed E-state index contributed by atoms with van der Waals surface area (Å²) < 4.78 is 29.9. The number of benzene rings is 2. The molecule has 0 aliphatic carbocycles. The summed E-state index contributed by atoms with van der Waals surface area (Å²) in [5.41, 5.74) is 2.21. The number of fused-ring (bicyclic) bond motifs is 1. The van der Waals surface area contributed by atoms with Crippen molar-refractivity contribution in [2.45, 2.75) is 30.4 Å². The molecule has 3 heterocycles. The molecule has 7 nitrogen and oxygen atoms in total. The van der Waals surface area contributed by atoms with Crippen LogP contribution in [0.5, 0.6) is 11.5 Å². The maximum absolute atomic E-state index is 13.5. The lowest BCUT2D eigenvalue weighted by atomic mass is 10.0. The fourth-order valence-electron chi connectivity index (χ4n) is 4.62. The molecule has 2 fully saturated rings. The number of halogens is 1. The van der Waals surface area contributed by atoms with Crippen molar-refractivity contribution in [3.8, 4) is 22.1 Å². The third-order valence-corrected chi connectivity index (χ3v) is 8.76. The van der Waals surface area contributed by atoms with Gasteiger partial charge in [0.25, 0.3) is 0 Å². The van der Waals surface area contributed by atoms with Gasteiger partial charge in [-0.2, -0.15) is 0 Å². The van der Waals surface area contributed by atoms with Crippen LogP contribution in [0, 0.1) is 5.82 Å². The molecule has 0 radical (unpaired) electrons. The first-order chi connectivity index (χ1) is 17.0. The number of hydrogen-bond donors (Lipinski definition) is 0. The number of aromatic nitrogens is 1. The highest BCUT2D eigenvalue weighted by Gasteiger charge is 2.57. The molecule has 10 heteroatoms. The number of para-hydroxylation sites is 1. The molecule has 35 heavy (non-hydrogen) atoms. The van der Waals surface area contributed by atoms with Crippen LogP contribution in [0.15, 0.2) is 47.8 Å². The van der Waals surface area contributed by atoms with Gasteiger partial charge in [-0.05, 0) is 36.2 Å². The summed E-state index contributed by atoms with van der Waals surface area (Å²) in [6.07, 6.45) is 0.912. The molecule has 182 valence electrons. The Bertz CT molecular complexity index is 1260. The Morgan fingerprint density at radius 1 is 1.20 bits per heavy atom. The Morgan fingerprint density at radius 3 is 2.74 bits per heavy atom. The average Bonchev–Trinajstić information content (AvgIpc) is 3.59. The third-order valence-electron chi connectivity index (χ3n) is 6.24. The summed E-state index contributed by atoms with van der Waals surface area (Å²) in [5.74, 6) is 0.708. The van der Waals surface area contributed by atoms with Crippen LogP contribution in [-0.4, -0.2) is 47.8 Å². The van der Waals surface area contributed by atoms with Gasteiger partial charge < -0.3 is 19.1 Å². The lowest BCUT2D eigenvalue weighted by Gasteiger charge is -2.33. The zero-order chi connectivity index (χ0) is 24.6. The molecule has 3 aromatic rings. The van der Waals surface area contributed by atoms with Crippen LogP contribution in [0.25, 0.3) is 10.6 Å². The molecule has 0 N–H and O–H groups in total. The number of ether oxygens (including phenoxy) is 3. The van der Waals surface area contributed by atoms with E-state index in [1.165, 1.54) is 35.2 Å². The number of hydrogen-bond acceptors (Lipinski definition) is 8. The number of amides is 1. The molecular formula is C25H23FN2O5S2. The van der Waals surface area contributed by atoms with Crippen LogP contribution in [0.2, 0.25) is 0 Å². The van der Waals surface area contributed by atoms with Gasteiger partial charge in [0.05, 0.1) is 25.5 Å². The minimum absolute atomic E-state index is 0.00559. The zero-order valence-electron chi connectivity index (χ0n) is 19.2. The number of esters is 1. The summed E-state index contributed by atoms with van der Waals surface area (Å²) in [7, 11) is 3.15. The first kappa shape index (κ1) is 23.6. The topological polar surface area (TPSA) is 78.0 Å². The van der Waals surface area contributed by atoms with Crippen LogP contribution < -0.4 is 9.47 Å². The van der Waals surface area contributed by atoms with Gasteiger partial charge in [-0.3, -0.25) is 4.79 Å². The molecule has 2 saturated heterocycles. The highest BCUT2D eigenvalue weighted by Crippen LogP contribution is 2.54. The van der Waals surface area contributed by atoms with Crippen LogP contribution in [-0.2, 0) is 25.8 Å². The smallest absolute Gasteiger partial charge is 0.330 e. The maximum Gasteiger partial charge on any atom is 0.330 e. The van der Waals surface area contributed by atoms with E-state index in [2.05, 4.69) is 4.98 Å². The fourth-order valence-corrected chi connectivity index (χ4v) is 7.08. The second-order valence-electron chi connectivity index (χ2n) is 8.17. The van der Waals surface area contributed by atoms with Crippen LogP contribution in [0.4, 0.5) is 4.39 Å². The summed E-state index contributed by atoms with van der Waals surface area (Å²) in [6.45, 7) is -0.00559. The number of thioether (sulfide) groups is 1. The number of thiazole rings is 1. The van der Waals surface area contributed by atoms with E-state index in [1.807, 2.05) is 23.6 Å². The molecule has 5 rings (SSSR count). The summed E-state index contributed by atoms with van der Waals surface area (Å²) in [5, 5.41) is 2.54. The van der Waals surface area contributed by atoms with Gasteiger partial charge in [0.1, 0.15) is 28.3 Å². The largest absolute Gasteiger partial charge is 0.493 e. The first-order valence-electron chi connectivity index (χ1n) is 11.0. The van der Waals surface area contributed by atoms with E-state index in [1.54, 1.807) is 31.3 Å². The molecular weight excluding hydrogens is 491 g/mol. The molecule has 2 aromatic carbocycles. The molecule has 0 bridgehead atoms. The summed E-state index contributed by atoms with van der Waals surface area (Å²) in [6, 6.07) is 11.0. The maximum atomic E-state index is 13.5. The quantitative estimate of drug-likeness (QED) is 0.427. The average molecular weight is 515 g/mol. The van der Waals surface area contributed by atoms with Crippen molar-refractivity contribution >= 4 is 35.0 Å². The normalized spacial score (nSPS) is 21.2. The molecule has 0 saturated carbocycles. The van der Waals surface area contributed by atoms with Crippen LogP contribution in [0.3, 0.4) is 0 Å². The SMILES string of the molecule is COc1cccc(-c2nc(COC(=O)[C@H]3CS[C@@]4(c5ccc(F)cc5)CCC(=O)N34)cs2)c1OC. The van der Waals surface area contributed by atoms with E-state index in [0.717, 1.165) is 11.1 Å². The van der Waals surface area contributed by atoms with E-state index >= 15 is 0 Å². The van der Waals surface area contributed by atoms with Gasteiger partial charge in [-0.1, -0.05) is 18.2 Å². The van der Waals surface area contributed by atoms with Crippen LogP contribution in [0.1, 0.15) is 24.1 Å². The number of carbonyl (C=O) groups is 2. The molecule has 1 aromatic heterocycles. The second-order valence-corrected chi connectivity index (χ2v) is 10.3. The van der Waals surface area contributed by atoms with Crippen molar-refractivity contribution < 1.29 is 28.2 Å². The predicted molar refractivity (Wildman–Crippen MR) is 131 cm³/mol. The first-order valence-corrected chi connectivity index (χ1v) is 12.9. The lowest BCUT2D eigenvalue weighted by molar-refractivity contribution is -0.155. The highest BCUT2D eigenvalue weighted by molar-refractivity contribution is 8.00. The Kier molecular flexibility index (Phi) is 6.41. The number of carbonyl (C=O) groups excluding carboxylic acids is 2. The van der Waals surface area contributed by atoms with E-state index < -0.39 is 16.9 Å². The number of nitrogens with zero attached hydrogens (tertiary/aromatic N) is 2. The van der Waals surface area contributed by atoms with Gasteiger partial charge in [0, 0.05) is 17.6 Å². The van der Waals surface area contributed by atoms with Crippen molar-refractivity contribution in [1.82, 2.24) is 9.88 Å². The van der Waals surface area contributed by atoms with Crippen molar-refractivity contribution in [2.24, 2.45) is 0 Å². The van der Waals surface area contributed by atoms with Crippen molar-refractivity contribution in [3.63, 3.8) is 0 Å². The Labute approximate surface area is 210 Å². The molecule has 2 aliphatic rings. The number of methoxy groups -OCH3 is 2. The highest BCUT2D eigenvalue weighted by atomic mass is 32.2. The Balaban J connectivity index is 1.30. The molecule has 2 atom stereocenters. The minimum atomic E-state index is -0.698. The van der Waals surface area contributed by atoms with Gasteiger partial charge >= 0.3 is 5.97 Å². The van der Waals surface area contributed by atoms with Crippen molar-refractivity contribution in [3.05, 3.63) is 64.9 Å². The van der Waals surface area contributed by atoms with E-state index in [0.29, 0.717) is 40.8 Å². The number of rotatable bonds is 7. The van der Waals surface area contributed by atoms with E-state index in [4.69, 9.17) is 14.2 Å². The van der Waals surface area contributed by atoms with Gasteiger partial charge in [-0.15, -0.1) is 23.1 Å². The van der Waals surface area contributed by atoms with Gasteiger partial charge in [-0.25, -0.2) is 14.2 Å². The third kappa shape index (κ3) is 4.14. The van der Waals surface area contributed by atoms with Crippen LogP contribution >= 0.6 is 23.1 Å².